The fourth-order valence-electron chi connectivity index (χ4n) is 3.63. The average molecular weight is 376 g/mol. The molecular formula is C20H20N6O2. The molecule has 142 valence electrons. The summed E-state index contributed by atoms with van der Waals surface area (Å²) in [4.78, 5) is 24.1. The minimum Gasteiger partial charge on any atom is -0.424 e. The van der Waals surface area contributed by atoms with E-state index < -0.39 is 0 Å². The number of benzene rings is 2. The van der Waals surface area contributed by atoms with Crippen LogP contribution in [0.2, 0.25) is 0 Å². The third-order valence-corrected chi connectivity index (χ3v) is 5.26. The molecule has 1 aliphatic heterocycles. The van der Waals surface area contributed by atoms with Crippen molar-refractivity contribution in [2.24, 2.45) is 0 Å². The van der Waals surface area contributed by atoms with Crippen LogP contribution in [0.1, 0.15) is 0 Å². The summed E-state index contributed by atoms with van der Waals surface area (Å²) in [5.41, 5.74) is 9.46. The number of nitrogens with two attached hydrogens (primary N) is 1. The molecule has 0 saturated carbocycles. The van der Waals surface area contributed by atoms with E-state index in [1.54, 1.807) is 11.0 Å². The highest BCUT2D eigenvalue weighted by molar-refractivity contribution is 5.87. The van der Waals surface area contributed by atoms with Gasteiger partial charge in [0, 0.05) is 26.2 Å². The second-order valence-corrected chi connectivity index (χ2v) is 7.12. The Bertz CT molecular complexity index is 1240. The molecule has 28 heavy (non-hydrogen) atoms. The van der Waals surface area contributed by atoms with Gasteiger partial charge >= 0.3 is 0 Å². The molecule has 0 radical (unpaired) electrons. The van der Waals surface area contributed by atoms with E-state index in [1.807, 2.05) is 41.4 Å². The molecule has 0 atom stereocenters. The predicted octanol–water partition coefficient (Wildman–Crippen LogP) is 1.67. The highest BCUT2D eigenvalue weighted by Crippen LogP contribution is 2.26. The molecule has 8 nitrogen and oxygen atoms in total. The number of hydrogen-bond donors (Lipinski definition) is 1. The van der Waals surface area contributed by atoms with Gasteiger partial charge in [0.15, 0.2) is 5.58 Å². The smallest absolute Gasteiger partial charge is 0.292 e. The summed E-state index contributed by atoms with van der Waals surface area (Å²) in [6.07, 6.45) is 1.62. The average Bonchev–Trinajstić information content (AvgIpc) is 3.08. The van der Waals surface area contributed by atoms with Gasteiger partial charge in [0.1, 0.15) is 11.8 Å². The number of piperazine rings is 1. The first-order valence-electron chi connectivity index (χ1n) is 9.20. The monoisotopic (exact) mass is 376 g/mol. The number of rotatable bonds is 2. The van der Waals surface area contributed by atoms with Crippen molar-refractivity contribution in [3.05, 3.63) is 53.1 Å². The van der Waals surface area contributed by atoms with E-state index >= 15 is 0 Å². The van der Waals surface area contributed by atoms with Gasteiger partial charge in [-0.2, -0.15) is 4.98 Å². The number of fused-ring (bicyclic) bond motifs is 2. The number of anilines is 1. The maximum Gasteiger partial charge on any atom is 0.292 e. The lowest BCUT2D eigenvalue weighted by atomic mass is 10.0. The molecule has 1 aliphatic rings. The SMILES string of the molecule is CN1CCN(n2cnc3ccc(-c4ccc5oc(N)nc5c4)cc3c2=O)CC1. The van der Waals surface area contributed by atoms with Crippen LogP contribution in [-0.4, -0.2) is 52.8 Å². The van der Waals surface area contributed by atoms with Gasteiger partial charge in [-0.15, -0.1) is 0 Å². The first kappa shape index (κ1) is 16.8. The van der Waals surface area contributed by atoms with Crippen LogP contribution in [0.15, 0.2) is 51.9 Å². The Morgan fingerprint density at radius 2 is 1.75 bits per heavy atom. The van der Waals surface area contributed by atoms with Crippen molar-refractivity contribution in [1.29, 1.82) is 0 Å². The molecule has 5 rings (SSSR count). The van der Waals surface area contributed by atoms with Crippen LogP contribution in [0.4, 0.5) is 6.01 Å². The van der Waals surface area contributed by atoms with E-state index in [-0.39, 0.29) is 11.6 Å². The van der Waals surface area contributed by atoms with Crippen molar-refractivity contribution >= 4 is 28.0 Å². The van der Waals surface area contributed by atoms with Gasteiger partial charge in [0.05, 0.1) is 10.9 Å². The number of likely N-dealkylation sites (N-methyl/N-ethyl adjacent to an activating group) is 1. The maximum absolute atomic E-state index is 13.1. The maximum atomic E-state index is 13.1. The molecule has 2 aromatic carbocycles. The molecule has 0 amide bonds. The Hall–Kier alpha value is -3.39. The summed E-state index contributed by atoms with van der Waals surface area (Å²) in [7, 11) is 2.09. The number of nitrogen functional groups attached to an aromatic ring is 1. The molecule has 2 aromatic heterocycles. The van der Waals surface area contributed by atoms with Crippen LogP contribution in [0, 0.1) is 0 Å². The van der Waals surface area contributed by atoms with Crippen molar-refractivity contribution in [1.82, 2.24) is 19.5 Å². The Labute approximate surface area is 160 Å². The van der Waals surface area contributed by atoms with Gasteiger partial charge < -0.3 is 20.1 Å². The standard InChI is InChI=1S/C20H20N6O2/c1-24-6-8-25(9-7-24)26-12-22-16-4-2-13(10-15(16)19(26)27)14-3-5-18-17(11-14)23-20(21)28-18/h2-5,10-12H,6-9H2,1H3,(H2,21,23). The second-order valence-electron chi connectivity index (χ2n) is 7.12. The van der Waals surface area contributed by atoms with Crippen LogP contribution in [0.3, 0.4) is 0 Å². The summed E-state index contributed by atoms with van der Waals surface area (Å²) >= 11 is 0. The fourth-order valence-corrected chi connectivity index (χ4v) is 3.63. The van der Waals surface area contributed by atoms with E-state index in [2.05, 4.69) is 21.9 Å². The Morgan fingerprint density at radius 3 is 2.57 bits per heavy atom. The third kappa shape index (κ3) is 2.78. The topological polar surface area (TPSA) is 93.4 Å². The molecule has 0 spiro atoms. The van der Waals surface area contributed by atoms with Crippen LogP contribution < -0.4 is 16.3 Å². The molecule has 4 aromatic rings. The largest absolute Gasteiger partial charge is 0.424 e. The summed E-state index contributed by atoms with van der Waals surface area (Å²) < 4.78 is 6.97. The minimum absolute atomic E-state index is 0.0526. The van der Waals surface area contributed by atoms with Crippen LogP contribution in [0.5, 0.6) is 0 Å². The number of nitrogens with zero attached hydrogens (tertiary/aromatic N) is 5. The number of aromatic nitrogens is 3. The first-order chi connectivity index (χ1) is 13.6. The highest BCUT2D eigenvalue weighted by Gasteiger charge is 2.17. The molecule has 8 heteroatoms. The molecule has 0 unspecified atom stereocenters. The first-order valence-corrected chi connectivity index (χ1v) is 9.20. The van der Waals surface area contributed by atoms with Crippen molar-refractivity contribution in [2.75, 3.05) is 44.0 Å². The lowest BCUT2D eigenvalue weighted by Crippen LogP contribution is -2.53. The zero-order valence-electron chi connectivity index (χ0n) is 15.5. The zero-order chi connectivity index (χ0) is 19.3. The molecule has 1 fully saturated rings. The molecule has 3 heterocycles. The van der Waals surface area contributed by atoms with Gasteiger partial charge in [-0.3, -0.25) is 4.79 Å². The lowest BCUT2D eigenvalue weighted by Gasteiger charge is -2.34. The summed E-state index contributed by atoms with van der Waals surface area (Å²) in [6.45, 7) is 3.44. The molecule has 2 N–H and O–H groups in total. The Kier molecular flexibility index (Phi) is 3.80. The van der Waals surface area contributed by atoms with Crippen molar-refractivity contribution in [3.8, 4) is 11.1 Å². The van der Waals surface area contributed by atoms with E-state index in [4.69, 9.17) is 10.2 Å². The summed E-state index contributed by atoms with van der Waals surface area (Å²) in [6, 6.07) is 11.5. The zero-order valence-corrected chi connectivity index (χ0v) is 15.5. The normalized spacial score (nSPS) is 15.5. The van der Waals surface area contributed by atoms with Gasteiger partial charge in [-0.1, -0.05) is 12.1 Å². The molecule has 0 aliphatic carbocycles. The van der Waals surface area contributed by atoms with Crippen molar-refractivity contribution in [2.45, 2.75) is 0 Å². The quantitative estimate of drug-likeness (QED) is 0.569. The van der Waals surface area contributed by atoms with Crippen LogP contribution in [-0.2, 0) is 0 Å². The Balaban J connectivity index is 1.59. The van der Waals surface area contributed by atoms with E-state index in [0.29, 0.717) is 22.0 Å². The van der Waals surface area contributed by atoms with Crippen molar-refractivity contribution < 1.29 is 4.42 Å². The Morgan fingerprint density at radius 1 is 1.00 bits per heavy atom. The van der Waals surface area contributed by atoms with E-state index in [0.717, 1.165) is 37.3 Å². The summed E-state index contributed by atoms with van der Waals surface area (Å²) in [5.74, 6) is 0. The van der Waals surface area contributed by atoms with Crippen LogP contribution >= 0.6 is 0 Å². The van der Waals surface area contributed by atoms with Gasteiger partial charge in [0.25, 0.3) is 11.6 Å². The van der Waals surface area contributed by atoms with Gasteiger partial charge in [0.2, 0.25) is 0 Å². The summed E-state index contributed by atoms with van der Waals surface area (Å²) in [5, 5.41) is 2.64. The van der Waals surface area contributed by atoms with Gasteiger partial charge in [-0.25, -0.2) is 9.66 Å². The third-order valence-electron chi connectivity index (χ3n) is 5.26. The van der Waals surface area contributed by atoms with Gasteiger partial charge in [-0.05, 0) is 42.4 Å². The highest BCUT2D eigenvalue weighted by atomic mass is 16.4. The van der Waals surface area contributed by atoms with E-state index in [1.165, 1.54) is 0 Å². The number of hydrogen-bond acceptors (Lipinski definition) is 7. The fraction of sp³-hybridized carbons (Fsp3) is 0.250. The predicted molar refractivity (Wildman–Crippen MR) is 109 cm³/mol. The number of oxazole rings is 1. The lowest BCUT2D eigenvalue weighted by molar-refractivity contribution is 0.285. The molecule has 1 saturated heterocycles. The van der Waals surface area contributed by atoms with Crippen LogP contribution in [0.25, 0.3) is 33.1 Å². The van der Waals surface area contributed by atoms with Crippen molar-refractivity contribution in [3.63, 3.8) is 0 Å². The molecule has 0 bridgehead atoms. The minimum atomic E-state index is -0.0526. The molecular weight excluding hydrogens is 356 g/mol. The second kappa shape index (κ2) is 6.35. The van der Waals surface area contributed by atoms with E-state index in [9.17, 15) is 4.79 Å².